The van der Waals surface area contributed by atoms with Gasteiger partial charge in [0.1, 0.15) is 0 Å². The van der Waals surface area contributed by atoms with E-state index < -0.39 is 5.60 Å². The summed E-state index contributed by atoms with van der Waals surface area (Å²) >= 11 is 12.1. The first-order valence-electron chi connectivity index (χ1n) is 7.14. The number of hydrogen-bond acceptors (Lipinski definition) is 4. The van der Waals surface area contributed by atoms with E-state index in [0.717, 1.165) is 31.9 Å². The van der Waals surface area contributed by atoms with Crippen LogP contribution < -0.4 is 5.32 Å². The van der Waals surface area contributed by atoms with Gasteiger partial charge in [0.05, 0.1) is 28.9 Å². The molecule has 2 rings (SSSR count). The van der Waals surface area contributed by atoms with Crippen molar-refractivity contribution in [1.82, 2.24) is 10.2 Å². The molecule has 0 saturated carbocycles. The van der Waals surface area contributed by atoms with Crippen LogP contribution in [-0.4, -0.2) is 55.0 Å². The van der Waals surface area contributed by atoms with Crippen molar-refractivity contribution in [3.05, 3.63) is 33.8 Å². The lowest BCUT2D eigenvalue weighted by molar-refractivity contribution is -0.0219. The van der Waals surface area contributed by atoms with Gasteiger partial charge in [-0.1, -0.05) is 35.3 Å². The summed E-state index contributed by atoms with van der Waals surface area (Å²) in [6.45, 7) is 6.77. The summed E-state index contributed by atoms with van der Waals surface area (Å²) in [6, 6.07) is 5.57. The van der Waals surface area contributed by atoms with Crippen LogP contribution in [0, 0.1) is 0 Å². The second-order valence-corrected chi connectivity index (χ2v) is 6.49. The fourth-order valence-electron chi connectivity index (χ4n) is 2.45. The van der Waals surface area contributed by atoms with Gasteiger partial charge in [-0.2, -0.15) is 0 Å². The van der Waals surface area contributed by atoms with Gasteiger partial charge in [0.25, 0.3) is 0 Å². The fourth-order valence-corrected chi connectivity index (χ4v) is 2.84. The zero-order chi connectivity index (χ0) is 15.3. The Labute approximate surface area is 136 Å². The molecule has 4 nitrogen and oxygen atoms in total. The van der Waals surface area contributed by atoms with Gasteiger partial charge in [-0.3, -0.25) is 4.90 Å². The minimum Gasteiger partial charge on any atom is -0.388 e. The van der Waals surface area contributed by atoms with Crippen molar-refractivity contribution in [2.45, 2.75) is 19.1 Å². The number of ether oxygens (including phenoxy) is 1. The summed E-state index contributed by atoms with van der Waals surface area (Å²) in [5.41, 5.74) is 0.147. The molecule has 0 spiro atoms. The molecule has 1 unspecified atom stereocenters. The fraction of sp³-hybridized carbons (Fsp3) is 0.600. The summed E-state index contributed by atoms with van der Waals surface area (Å²) in [5, 5.41) is 14.8. The van der Waals surface area contributed by atoms with Crippen LogP contribution in [-0.2, 0) is 11.3 Å². The van der Waals surface area contributed by atoms with Crippen LogP contribution in [0.5, 0.6) is 0 Å². The third kappa shape index (κ3) is 5.40. The molecule has 1 aliphatic heterocycles. The van der Waals surface area contributed by atoms with Crippen LogP contribution in [0.25, 0.3) is 0 Å². The van der Waals surface area contributed by atoms with E-state index in [-0.39, 0.29) is 0 Å². The van der Waals surface area contributed by atoms with Gasteiger partial charge in [-0.05, 0) is 18.6 Å². The molecule has 1 atom stereocenters. The predicted molar refractivity (Wildman–Crippen MR) is 86.1 cm³/mol. The number of β-amino-alcohol motifs (C(OH)–C–C–N with tert-alkyl or cyclic N) is 1. The Morgan fingerprint density at radius 2 is 2.05 bits per heavy atom. The lowest BCUT2D eigenvalue weighted by Gasteiger charge is -2.34. The zero-order valence-corrected chi connectivity index (χ0v) is 13.8. The molecule has 118 valence electrons. The number of rotatable bonds is 6. The third-order valence-electron chi connectivity index (χ3n) is 3.52. The first-order chi connectivity index (χ1) is 9.98. The van der Waals surface area contributed by atoms with Crippen LogP contribution >= 0.6 is 23.2 Å². The normalized spacial score (nSPS) is 19.4. The smallest absolute Gasteiger partial charge is 0.0869 e. The van der Waals surface area contributed by atoms with Crippen molar-refractivity contribution in [1.29, 1.82) is 0 Å². The van der Waals surface area contributed by atoms with Crippen LogP contribution in [0.1, 0.15) is 12.5 Å². The average Bonchev–Trinajstić information content (AvgIpc) is 2.44. The highest BCUT2D eigenvalue weighted by molar-refractivity contribution is 6.42. The predicted octanol–water partition coefficient (Wildman–Crippen LogP) is 2.17. The monoisotopic (exact) mass is 332 g/mol. The summed E-state index contributed by atoms with van der Waals surface area (Å²) in [4.78, 5) is 2.22. The van der Waals surface area contributed by atoms with E-state index in [9.17, 15) is 5.11 Å². The first kappa shape index (κ1) is 17.0. The van der Waals surface area contributed by atoms with E-state index in [4.69, 9.17) is 27.9 Å². The maximum atomic E-state index is 10.5. The van der Waals surface area contributed by atoms with Crippen LogP contribution in [0.3, 0.4) is 0 Å². The van der Waals surface area contributed by atoms with Gasteiger partial charge in [0.2, 0.25) is 0 Å². The second-order valence-electron chi connectivity index (χ2n) is 5.70. The Balaban J connectivity index is 1.79. The molecule has 0 bridgehead atoms. The number of nitrogens with one attached hydrogen (secondary N) is 1. The minimum atomic E-state index is -0.789. The molecule has 1 aromatic rings. The maximum Gasteiger partial charge on any atom is 0.0869 e. The Bertz CT molecular complexity index is 463. The number of aliphatic hydroxyl groups is 1. The lowest BCUT2D eigenvalue weighted by atomic mass is 10.1. The number of hydrogen-bond donors (Lipinski definition) is 2. The summed E-state index contributed by atoms with van der Waals surface area (Å²) in [7, 11) is 0. The number of morpholine rings is 1. The molecule has 1 heterocycles. The zero-order valence-electron chi connectivity index (χ0n) is 12.2. The van der Waals surface area contributed by atoms with E-state index >= 15 is 0 Å². The second kappa shape index (κ2) is 7.77. The molecule has 1 saturated heterocycles. The summed E-state index contributed by atoms with van der Waals surface area (Å²) in [6.07, 6.45) is 0. The molecule has 1 aromatic carbocycles. The van der Waals surface area contributed by atoms with Gasteiger partial charge >= 0.3 is 0 Å². The van der Waals surface area contributed by atoms with E-state index in [1.807, 2.05) is 19.1 Å². The number of nitrogens with zero attached hydrogens (tertiary/aromatic N) is 1. The molecule has 0 aliphatic carbocycles. The summed E-state index contributed by atoms with van der Waals surface area (Å²) in [5.74, 6) is 0. The van der Waals surface area contributed by atoms with Crippen LogP contribution in [0.2, 0.25) is 10.0 Å². The van der Waals surface area contributed by atoms with Crippen molar-refractivity contribution >= 4 is 23.2 Å². The van der Waals surface area contributed by atoms with Gasteiger partial charge in [0.15, 0.2) is 0 Å². The van der Waals surface area contributed by atoms with E-state index in [1.165, 1.54) is 0 Å². The Morgan fingerprint density at radius 3 is 2.76 bits per heavy atom. The molecule has 0 amide bonds. The van der Waals surface area contributed by atoms with Crippen molar-refractivity contribution in [3.63, 3.8) is 0 Å². The van der Waals surface area contributed by atoms with Crippen LogP contribution in [0.4, 0.5) is 0 Å². The molecule has 6 heteroatoms. The third-order valence-corrected chi connectivity index (χ3v) is 4.38. The maximum absolute atomic E-state index is 10.5. The SMILES string of the molecule is CC(O)(CNCc1cccc(Cl)c1Cl)CN1CCOCC1. The van der Waals surface area contributed by atoms with Gasteiger partial charge < -0.3 is 15.2 Å². The number of benzene rings is 1. The van der Waals surface area contributed by atoms with E-state index in [2.05, 4.69) is 10.2 Å². The van der Waals surface area contributed by atoms with Gasteiger partial charge in [-0.25, -0.2) is 0 Å². The molecule has 1 aliphatic rings. The Hall–Kier alpha value is -0.360. The average molecular weight is 333 g/mol. The van der Waals surface area contributed by atoms with Crippen molar-refractivity contribution in [3.8, 4) is 0 Å². The van der Waals surface area contributed by atoms with E-state index in [1.54, 1.807) is 6.07 Å². The molecule has 2 N–H and O–H groups in total. The molecular formula is C15H22Cl2N2O2. The topological polar surface area (TPSA) is 44.7 Å². The molecule has 21 heavy (non-hydrogen) atoms. The van der Waals surface area contributed by atoms with E-state index in [0.29, 0.717) is 29.7 Å². The molecule has 0 aromatic heterocycles. The highest BCUT2D eigenvalue weighted by Gasteiger charge is 2.24. The van der Waals surface area contributed by atoms with Crippen molar-refractivity contribution in [2.75, 3.05) is 39.4 Å². The Morgan fingerprint density at radius 1 is 1.33 bits per heavy atom. The quantitative estimate of drug-likeness (QED) is 0.838. The lowest BCUT2D eigenvalue weighted by Crippen LogP contribution is -2.50. The van der Waals surface area contributed by atoms with Gasteiger partial charge in [0, 0.05) is 32.7 Å². The first-order valence-corrected chi connectivity index (χ1v) is 7.90. The van der Waals surface area contributed by atoms with Crippen LogP contribution in [0.15, 0.2) is 18.2 Å². The standard InChI is InChI=1S/C15H22Cl2N2O2/c1-15(20,11-19-5-7-21-8-6-19)10-18-9-12-3-2-4-13(16)14(12)17/h2-4,18,20H,5-11H2,1H3. The molecule has 0 radical (unpaired) electrons. The highest BCUT2D eigenvalue weighted by Crippen LogP contribution is 2.25. The Kier molecular flexibility index (Phi) is 6.29. The largest absolute Gasteiger partial charge is 0.388 e. The minimum absolute atomic E-state index is 0.493. The molecular weight excluding hydrogens is 311 g/mol. The highest BCUT2D eigenvalue weighted by atomic mass is 35.5. The molecule has 1 fully saturated rings. The van der Waals surface area contributed by atoms with Gasteiger partial charge in [-0.15, -0.1) is 0 Å². The summed E-state index contributed by atoms with van der Waals surface area (Å²) < 4.78 is 5.31. The van der Waals surface area contributed by atoms with Crippen molar-refractivity contribution in [2.24, 2.45) is 0 Å². The number of halogens is 2. The van der Waals surface area contributed by atoms with Crippen molar-refractivity contribution < 1.29 is 9.84 Å².